The quantitative estimate of drug-likeness (QED) is 0.621. The van der Waals surface area contributed by atoms with Gasteiger partial charge in [-0.3, -0.25) is 4.79 Å². The second-order valence-corrected chi connectivity index (χ2v) is 3.16. The van der Waals surface area contributed by atoms with Gasteiger partial charge in [0.15, 0.2) is 5.78 Å². The zero-order valence-electron chi connectivity index (χ0n) is 7.43. The summed E-state index contributed by atoms with van der Waals surface area (Å²) in [5.74, 6) is -0.0508. The summed E-state index contributed by atoms with van der Waals surface area (Å²) >= 11 is 0. The summed E-state index contributed by atoms with van der Waals surface area (Å²) in [5, 5.41) is 7.65. The van der Waals surface area contributed by atoms with Crippen molar-refractivity contribution in [1.29, 1.82) is 0 Å². The van der Waals surface area contributed by atoms with Crippen LogP contribution in [0.3, 0.4) is 0 Å². The Labute approximate surface area is 75.7 Å². The Morgan fingerprint density at radius 3 is 3.15 bits per heavy atom. The lowest BCUT2D eigenvalue weighted by Crippen LogP contribution is -2.09. The van der Waals surface area contributed by atoms with Crippen molar-refractivity contribution in [1.82, 2.24) is 15.0 Å². The summed E-state index contributed by atoms with van der Waals surface area (Å²) in [6.45, 7) is 2.92. The van der Waals surface area contributed by atoms with Crippen molar-refractivity contribution >= 4 is 5.78 Å². The smallest absolute Gasteiger partial charge is 0.181 e. The number of ether oxygens (including phenoxy) is 1. The molecule has 0 bridgehead atoms. The van der Waals surface area contributed by atoms with Crippen molar-refractivity contribution in [2.24, 2.45) is 0 Å². The van der Waals surface area contributed by atoms with Gasteiger partial charge in [-0.25, -0.2) is 4.68 Å². The number of carbonyl (C=O) groups excluding carboxylic acids is 1. The molecule has 0 radical (unpaired) electrons. The molecule has 1 fully saturated rings. The molecule has 5 heteroatoms. The maximum atomic E-state index is 10.9. The van der Waals surface area contributed by atoms with Gasteiger partial charge in [0.1, 0.15) is 5.69 Å². The largest absolute Gasteiger partial charge is 0.379 e. The van der Waals surface area contributed by atoms with E-state index in [1.54, 1.807) is 10.9 Å². The van der Waals surface area contributed by atoms with E-state index in [1.165, 1.54) is 6.92 Å². The third-order valence-corrected chi connectivity index (χ3v) is 2.15. The number of aromatic nitrogens is 3. The summed E-state index contributed by atoms with van der Waals surface area (Å²) in [6, 6.07) is 0.251. The van der Waals surface area contributed by atoms with Crippen molar-refractivity contribution in [2.75, 3.05) is 13.2 Å². The molecule has 0 spiro atoms. The molecule has 2 rings (SSSR count). The van der Waals surface area contributed by atoms with Crippen molar-refractivity contribution < 1.29 is 9.53 Å². The predicted octanol–water partition coefficient (Wildman–Crippen LogP) is 0.442. The fourth-order valence-electron chi connectivity index (χ4n) is 1.35. The molecule has 1 aliphatic rings. The van der Waals surface area contributed by atoms with Crippen molar-refractivity contribution in [3.63, 3.8) is 0 Å². The van der Waals surface area contributed by atoms with E-state index in [2.05, 4.69) is 10.3 Å². The molecule has 2 heterocycles. The van der Waals surface area contributed by atoms with Crippen molar-refractivity contribution in [3.8, 4) is 0 Å². The Hall–Kier alpha value is -1.23. The number of Topliss-reactive ketones (excluding diaryl/α,β-unsaturated/α-hetero) is 1. The minimum absolute atomic E-state index is 0.0508. The molecule has 0 aromatic carbocycles. The van der Waals surface area contributed by atoms with Gasteiger partial charge in [0.2, 0.25) is 0 Å². The topological polar surface area (TPSA) is 57.0 Å². The molecule has 0 amide bonds. The van der Waals surface area contributed by atoms with Crippen LogP contribution in [0.4, 0.5) is 0 Å². The molecular formula is C8H11N3O2. The van der Waals surface area contributed by atoms with Gasteiger partial charge in [-0.05, 0) is 6.42 Å². The number of hydrogen-bond acceptors (Lipinski definition) is 4. The lowest BCUT2D eigenvalue weighted by Gasteiger charge is -2.04. The SMILES string of the molecule is CC(=O)c1cn(C2CCOC2)nn1. The summed E-state index contributed by atoms with van der Waals surface area (Å²) in [4.78, 5) is 10.9. The van der Waals surface area contributed by atoms with Gasteiger partial charge in [0.05, 0.1) is 18.8 Å². The third kappa shape index (κ3) is 1.60. The number of ketones is 1. The predicted molar refractivity (Wildman–Crippen MR) is 44.5 cm³/mol. The molecule has 1 aromatic rings. The van der Waals surface area contributed by atoms with Crippen molar-refractivity contribution in [2.45, 2.75) is 19.4 Å². The Morgan fingerprint density at radius 2 is 2.62 bits per heavy atom. The standard InChI is InChI=1S/C8H11N3O2/c1-6(12)8-4-11(10-9-8)7-2-3-13-5-7/h4,7H,2-3,5H2,1H3. The summed E-state index contributed by atoms with van der Waals surface area (Å²) in [7, 11) is 0. The summed E-state index contributed by atoms with van der Waals surface area (Å²) in [5.41, 5.74) is 0.423. The van der Waals surface area contributed by atoms with E-state index >= 15 is 0 Å². The van der Waals surface area contributed by atoms with Crippen LogP contribution in [-0.2, 0) is 4.74 Å². The van der Waals surface area contributed by atoms with Gasteiger partial charge in [0.25, 0.3) is 0 Å². The third-order valence-electron chi connectivity index (χ3n) is 2.15. The van der Waals surface area contributed by atoms with Crippen LogP contribution < -0.4 is 0 Å². The number of rotatable bonds is 2. The zero-order valence-corrected chi connectivity index (χ0v) is 7.43. The molecule has 1 atom stereocenters. The van der Waals surface area contributed by atoms with Crippen LogP contribution in [-0.4, -0.2) is 34.0 Å². The average Bonchev–Trinajstić information content (AvgIpc) is 2.75. The van der Waals surface area contributed by atoms with Crippen molar-refractivity contribution in [3.05, 3.63) is 11.9 Å². The van der Waals surface area contributed by atoms with Gasteiger partial charge in [0, 0.05) is 13.5 Å². The van der Waals surface area contributed by atoms with E-state index in [9.17, 15) is 4.79 Å². The van der Waals surface area contributed by atoms with Crippen LogP contribution >= 0.6 is 0 Å². The Morgan fingerprint density at radius 1 is 1.77 bits per heavy atom. The van der Waals surface area contributed by atoms with E-state index in [1.807, 2.05) is 0 Å². The normalized spacial score (nSPS) is 22.1. The highest BCUT2D eigenvalue weighted by molar-refractivity contribution is 5.91. The maximum Gasteiger partial charge on any atom is 0.181 e. The minimum Gasteiger partial charge on any atom is -0.379 e. The van der Waals surface area contributed by atoms with E-state index < -0.39 is 0 Å². The molecule has 5 nitrogen and oxygen atoms in total. The molecule has 13 heavy (non-hydrogen) atoms. The molecule has 1 unspecified atom stereocenters. The van der Waals surface area contributed by atoms with E-state index in [4.69, 9.17) is 4.74 Å². The summed E-state index contributed by atoms with van der Waals surface area (Å²) < 4.78 is 6.92. The fourth-order valence-corrected chi connectivity index (χ4v) is 1.35. The highest BCUT2D eigenvalue weighted by Gasteiger charge is 2.19. The van der Waals surface area contributed by atoms with E-state index in [-0.39, 0.29) is 11.8 Å². The lowest BCUT2D eigenvalue weighted by atomic mass is 10.2. The number of carbonyl (C=O) groups is 1. The van der Waals surface area contributed by atoms with Crippen LogP contribution in [0.2, 0.25) is 0 Å². The Bertz CT molecular complexity index is 315. The van der Waals surface area contributed by atoms with Crippen LogP contribution in [0.5, 0.6) is 0 Å². The van der Waals surface area contributed by atoms with Crippen LogP contribution in [0, 0.1) is 0 Å². The minimum atomic E-state index is -0.0508. The van der Waals surface area contributed by atoms with Gasteiger partial charge in [-0.2, -0.15) is 0 Å². The first-order valence-corrected chi connectivity index (χ1v) is 4.28. The fraction of sp³-hybridized carbons (Fsp3) is 0.625. The maximum absolute atomic E-state index is 10.9. The summed E-state index contributed by atoms with van der Waals surface area (Å²) in [6.07, 6.45) is 2.63. The van der Waals surface area contributed by atoms with Gasteiger partial charge < -0.3 is 4.74 Å². The number of hydrogen-bond donors (Lipinski definition) is 0. The van der Waals surface area contributed by atoms with Gasteiger partial charge in [-0.1, -0.05) is 5.21 Å². The second-order valence-electron chi connectivity index (χ2n) is 3.16. The Kier molecular flexibility index (Phi) is 2.10. The first kappa shape index (κ1) is 8.37. The molecule has 0 N–H and O–H groups in total. The molecule has 0 saturated carbocycles. The van der Waals surface area contributed by atoms with Crippen LogP contribution in [0.15, 0.2) is 6.20 Å². The first-order valence-electron chi connectivity index (χ1n) is 4.28. The molecule has 1 saturated heterocycles. The monoisotopic (exact) mass is 181 g/mol. The molecule has 70 valence electrons. The highest BCUT2D eigenvalue weighted by atomic mass is 16.5. The zero-order chi connectivity index (χ0) is 9.26. The number of nitrogens with zero attached hydrogens (tertiary/aromatic N) is 3. The molecule has 1 aromatic heterocycles. The van der Waals surface area contributed by atoms with E-state index in [0.29, 0.717) is 12.3 Å². The van der Waals surface area contributed by atoms with Crippen LogP contribution in [0.1, 0.15) is 29.9 Å². The van der Waals surface area contributed by atoms with E-state index in [0.717, 1.165) is 13.0 Å². The molecule has 0 aliphatic carbocycles. The average molecular weight is 181 g/mol. The highest BCUT2D eigenvalue weighted by Crippen LogP contribution is 2.17. The molecule has 1 aliphatic heterocycles. The van der Waals surface area contributed by atoms with Gasteiger partial charge >= 0.3 is 0 Å². The molecular weight excluding hydrogens is 170 g/mol. The first-order chi connectivity index (χ1) is 6.27. The Balaban J connectivity index is 2.16. The van der Waals surface area contributed by atoms with Crippen LogP contribution in [0.25, 0.3) is 0 Å². The second kappa shape index (κ2) is 3.26. The lowest BCUT2D eigenvalue weighted by molar-refractivity contribution is 0.101. The van der Waals surface area contributed by atoms with Gasteiger partial charge in [-0.15, -0.1) is 5.10 Å².